The minimum absolute atomic E-state index is 0.0517. The molecule has 0 aliphatic carbocycles. The molecule has 0 fully saturated rings. The van der Waals surface area contributed by atoms with E-state index in [1.807, 2.05) is 54.6 Å². The number of methoxy groups -OCH3 is 1. The van der Waals surface area contributed by atoms with Gasteiger partial charge in [-0.25, -0.2) is 0 Å². The van der Waals surface area contributed by atoms with Crippen LogP contribution in [0.15, 0.2) is 54.6 Å². The number of para-hydroxylation sites is 1. The van der Waals surface area contributed by atoms with E-state index >= 15 is 0 Å². The SMILES string of the molecule is COc1ccccc1CCNC(=O)CN(Cc1ccccc1)C(C)=O. The average molecular weight is 340 g/mol. The monoisotopic (exact) mass is 340 g/mol. The second-order valence-electron chi connectivity index (χ2n) is 5.77. The largest absolute Gasteiger partial charge is 0.496 e. The zero-order valence-corrected chi connectivity index (χ0v) is 14.7. The molecule has 2 rings (SSSR count). The number of carbonyl (C=O) groups is 2. The van der Waals surface area contributed by atoms with Gasteiger partial charge in [0.15, 0.2) is 0 Å². The summed E-state index contributed by atoms with van der Waals surface area (Å²) in [6.45, 7) is 2.45. The van der Waals surface area contributed by atoms with Crippen molar-refractivity contribution in [3.63, 3.8) is 0 Å². The molecule has 132 valence electrons. The molecule has 0 aliphatic heterocycles. The molecule has 5 nitrogen and oxygen atoms in total. The number of hydrogen-bond acceptors (Lipinski definition) is 3. The highest BCUT2D eigenvalue weighted by Crippen LogP contribution is 2.17. The van der Waals surface area contributed by atoms with Crippen molar-refractivity contribution in [3.8, 4) is 5.75 Å². The van der Waals surface area contributed by atoms with Gasteiger partial charge in [-0.1, -0.05) is 48.5 Å². The third-order valence-electron chi connectivity index (χ3n) is 3.91. The Hall–Kier alpha value is -2.82. The number of rotatable bonds is 8. The van der Waals surface area contributed by atoms with E-state index in [0.29, 0.717) is 19.5 Å². The van der Waals surface area contributed by atoms with Crippen molar-refractivity contribution in [1.82, 2.24) is 10.2 Å². The first-order chi connectivity index (χ1) is 12.1. The molecule has 25 heavy (non-hydrogen) atoms. The predicted molar refractivity (Wildman–Crippen MR) is 97.2 cm³/mol. The molecule has 0 radical (unpaired) electrons. The van der Waals surface area contributed by atoms with Crippen molar-refractivity contribution in [2.24, 2.45) is 0 Å². The Bertz CT molecular complexity index is 701. The third kappa shape index (κ3) is 5.95. The van der Waals surface area contributed by atoms with E-state index in [2.05, 4.69) is 5.32 Å². The lowest BCUT2D eigenvalue weighted by molar-refractivity contribution is -0.134. The summed E-state index contributed by atoms with van der Waals surface area (Å²) in [4.78, 5) is 25.5. The lowest BCUT2D eigenvalue weighted by Gasteiger charge is -2.20. The van der Waals surface area contributed by atoms with Crippen LogP contribution in [0, 0.1) is 0 Å². The van der Waals surface area contributed by atoms with E-state index in [1.165, 1.54) is 11.8 Å². The summed E-state index contributed by atoms with van der Waals surface area (Å²) in [6, 6.07) is 17.4. The molecular weight excluding hydrogens is 316 g/mol. The van der Waals surface area contributed by atoms with Gasteiger partial charge < -0.3 is 15.0 Å². The Morgan fingerprint density at radius 3 is 2.40 bits per heavy atom. The quantitative estimate of drug-likeness (QED) is 0.803. The van der Waals surface area contributed by atoms with E-state index in [0.717, 1.165) is 16.9 Å². The maximum Gasteiger partial charge on any atom is 0.239 e. The number of ether oxygens (including phenoxy) is 1. The average Bonchev–Trinajstić information content (AvgIpc) is 2.62. The topological polar surface area (TPSA) is 58.6 Å². The fourth-order valence-electron chi connectivity index (χ4n) is 2.56. The van der Waals surface area contributed by atoms with Crippen molar-refractivity contribution < 1.29 is 14.3 Å². The first kappa shape index (κ1) is 18.5. The molecule has 0 aromatic heterocycles. The lowest BCUT2D eigenvalue weighted by atomic mass is 10.1. The Kier molecular flexibility index (Phi) is 7.01. The van der Waals surface area contributed by atoms with Crippen LogP contribution in [-0.4, -0.2) is 36.9 Å². The zero-order valence-electron chi connectivity index (χ0n) is 14.7. The third-order valence-corrected chi connectivity index (χ3v) is 3.91. The van der Waals surface area contributed by atoms with E-state index in [9.17, 15) is 9.59 Å². The Morgan fingerprint density at radius 2 is 1.72 bits per heavy atom. The van der Waals surface area contributed by atoms with Gasteiger partial charge in [0, 0.05) is 20.0 Å². The summed E-state index contributed by atoms with van der Waals surface area (Å²) in [6.07, 6.45) is 0.675. The molecule has 1 N–H and O–H groups in total. The van der Waals surface area contributed by atoms with Gasteiger partial charge in [0.2, 0.25) is 11.8 Å². The van der Waals surface area contributed by atoms with Gasteiger partial charge in [-0.05, 0) is 23.6 Å². The number of benzene rings is 2. The highest BCUT2D eigenvalue weighted by atomic mass is 16.5. The number of hydrogen-bond donors (Lipinski definition) is 1. The van der Waals surface area contributed by atoms with Gasteiger partial charge >= 0.3 is 0 Å². The summed E-state index contributed by atoms with van der Waals surface area (Å²) < 4.78 is 5.30. The second-order valence-corrected chi connectivity index (χ2v) is 5.77. The Labute approximate surface area is 148 Å². The molecule has 0 atom stereocenters. The van der Waals surface area contributed by atoms with Gasteiger partial charge in [-0.2, -0.15) is 0 Å². The summed E-state index contributed by atoms with van der Waals surface area (Å²) >= 11 is 0. The van der Waals surface area contributed by atoms with Crippen molar-refractivity contribution in [1.29, 1.82) is 0 Å². The van der Waals surface area contributed by atoms with Gasteiger partial charge in [0.05, 0.1) is 13.7 Å². The van der Waals surface area contributed by atoms with Crippen LogP contribution >= 0.6 is 0 Å². The summed E-state index contributed by atoms with van der Waals surface area (Å²) in [5.74, 6) is 0.524. The number of nitrogens with one attached hydrogen (secondary N) is 1. The van der Waals surface area contributed by atoms with Gasteiger partial charge in [-0.3, -0.25) is 9.59 Å². The van der Waals surface area contributed by atoms with Crippen LogP contribution in [0.2, 0.25) is 0 Å². The van der Waals surface area contributed by atoms with Crippen molar-refractivity contribution in [2.75, 3.05) is 20.2 Å². The molecule has 2 aromatic rings. The maximum absolute atomic E-state index is 12.2. The standard InChI is InChI=1S/C20H24N2O3/c1-16(23)22(14-17-8-4-3-5-9-17)15-20(24)21-13-12-18-10-6-7-11-19(18)25-2/h3-11H,12-15H2,1-2H3,(H,21,24). The molecular formula is C20H24N2O3. The molecule has 0 unspecified atom stereocenters. The van der Waals surface area contributed by atoms with Crippen LogP contribution in [0.4, 0.5) is 0 Å². The summed E-state index contributed by atoms with van der Waals surface area (Å²) in [5.41, 5.74) is 2.04. The minimum Gasteiger partial charge on any atom is -0.496 e. The van der Waals surface area contributed by atoms with E-state index in [1.54, 1.807) is 7.11 Å². The lowest BCUT2D eigenvalue weighted by Crippen LogP contribution is -2.39. The van der Waals surface area contributed by atoms with E-state index in [4.69, 9.17) is 4.74 Å². The molecule has 0 heterocycles. The van der Waals surface area contributed by atoms with Crippen LogP contribution in [0.5, 0.6) is 5.75 Å². The molecule has 0 saturated heterocycles. The van der Waals surface area contributed by atoms with Crippen LogP contribution in [0.1, 0.15) is 18.1 Å². The Morgan fingerprint density at radius 1 is 1.04 bits per heavy atom. The smallest absolute Gasteiger partial charge is 0.239 e. The fraction of sp³-hybridized carbons (Fsp3) is 0.300. The summed E-state index contributed by atoms with van der Waals surface area (Å²) in [7, 11) is 1.63. The number of amides is 2. The van der Waals surface area contributed by atoms with Crippen molar-refractivity contribution in [3.05, 3.63) is 65.7 Å². The predicted octanol–water partition coefficient (Wildman–Crippen LogP) is 2.40. The minimum atomic E-state index is -0.166. The number of nitrogens with zero attached hydrogens (tertiary/aromatic N) is 1. The molecule has 0 spiro atoms. The highest BCUT2D eigenvalue weighted by Gasteiger charge is 2.14. The van der Waals surface area contributed by atoms with Crippen molar-refractivity contribution >= 4 is 11.8 Å². The molecule has 0 saturated carbocycles. The van der Waals surface area contributed by atoms with E-state index in [-0.39, 0.29) is 18.4 Å². The number of carbonyl (C=O) groups excluding carboxylic acids is 2. The van der Waals surface area contributed by atoms with Gasteiger partial charge in [-0.15, -0.1) is 0 Å². The van der Waals surface area contributed by atoms with Crippen LogP contribution in [0.3, 0.4) is 0 Å². The van der Waals surface area contributed by atoms with Gasteiger partial charge in [0.1, 0.15) is 5.75 Å². The van der Waals surface area contributed by atoms with Crippen LogP contribution < -0.4 is 10.1 Å². The molecule has 0 aliphatic rings. The molecule has 5 heteroatoms. The highest BCUT2D eigenvalue weighted by molar-refractivity contribution is 5.83. The van der Waals surface area contributed by atoms with Crippen molar-refractivity contribution in [2.45, 2.75) is 19.9 Å². The van der Waals surface area contributed by atoms with E-state index < -0.39 is 0 Å². The first-order valence-electron chi connectivity index (χ1n) is 8.28. The van der Waals surface area contributed by atoms with Gasteiger partial charge in [0.25, 0.3) is 0 Å². The summed E-state index contributed by atoms with van der Waals surface area (Å²) in [5, 5.41) is 2.87. The van der Waals surface area contributed by atoms with Crippen LogP contribution in [-0.2, 0) is 22.6 Å². The maximum atomic E-state index is 12.2. The fourth-order valence-corrected chi connectivity index (χ4v) is 2.56. The molecule has 0 bridgehead atoms. The Balaban J connectivity index is 1.84. The molecule has 2 aromatic carbocycles. The zero-order chi connectivity index (χ0) is 18.1. The van der Waals surface area contributed by atoms with Crippen LogP contribution in [0.25, 0.3) is 0 Å². The second kappa shape index (κ2) is 9.47. The molecule has 2 amide bonds. The normalized spacial score (nSPS) is 10.2. The first-order valence-corrected chi connectivity index (χ1v) is 8.28.